The van der Waals surface area contributed by atoms with Crippen LogP contribution in [-0.4, -0.2) is 11.7 Å². The molecule has 100 valence electrons. The Bertz CT molecular complexity index is 402. The average Bonchev–Trinajstić information content (AvgIpc) is 2.35. The van der Waals surface area contributed by atoms with Crippen LogP contribution in [0.4, 0.5) is 0 Å². The van der Waals surface area contributed by atoms with Crippen molar-refractivity contribution in [3.8, 4) is 5.75 Å². The van der Waals surface area contributed by atoms with Gasteiger partial charge in [-0.15, -0.1) is 0 Å². The van der Waals surface area contributed by atoms with Crippen LogP contribution in [0.1, 0.15) is 45.6 Å². The van der Waals surface area contributed by atoms with Gasteiger partial charge in [-0.3, -0.25) is 0 Å². The molecule has 0 spiro atoms. The number of rotatable bonds is 3. The topological polar surface area (TPSA) is 29.5 Å². The lowest BCUT2D eigenvalue weighted by atomic mass is 9.69. The number of hydrogen-bond acceptors (Lipinski definition) is 2. The molecule has 1 N–H and O–H groups in total. The van der Waals surface area contributed by atoms with Crippen LogP contribution >= 0.6 is 0 Å². The van der Waals surface area contributed by atoms with E-state index >= 15 is 0 Å². The van der Waals surface area contributed by atoms with Gasteiger partial charge in [-0.2, -0.15) is 0 Å². The molecule has 0 amide bonds. The molecule has 0 bridgehead atoms. The second-order valence-electron chi connectivity index (χ2n) is 5.67. The summed E-state index contributed by atoms with van der Waals surface area (Å²) in [5, 5.41) is 11.0. The molecule has 2 heteroatoms. The van der Waals surface area contributed by atoms with E-state index in [0.29, 0.717) is 18.4 Å². The van der Waals surface area contributed by atoms with Crippen molar-refractivity contribution in [3.05, 3.63) is 29.8 Å². The molecule has 0 saturated heterocycles. The van der Waals surface area contributed by atoms with E-state index in [0.717, 1.165) is 24.2 Å². The fraction of sp³-hybridized carbons (Fsp3) is 0.625. The van der Waals surface area contributed by atoms with E-state index in [1.54, 1.807) is 0 Å². The standard InChI is InChI=1S/C16H24O2/c1-4-18-15-7-5-6-14(10-15)16(17)11-12(2)8-9-13(16)3/h5-7,10,12-13,17H,4,8-9,11H2,1-3H3. The minimum atomic E-state index is -0.690. The average molecular weight is 248 g/mol. The first-order valence-electron chi connectivity index (χ1n) is 7.02. The van der Waals surface area contributed by atoms with Crippen LogP contribution < -0.4 is 4.74 Å². The Morgan fingerprint density at radius 3 is 2.83 bits per heavy atom. The maximum Gasteiger partial charge on any atom is 0.119 e. The lowest BCUT2D eigenvalue weighted by Crippen LogP contribution is -2.39. The summed E-state index contributed by atoms with van der Waals surface area (Å²) in [4.78, 5) is 0. The van der Waals surface area contributed by atoms with Crippen LogP contribution in [0.3, 0.4) is 0 Å². The molecule has 1 saturated carbocycles. The number of aliphatic hydroxyl groups is 1. The van der Waals surface area contributed by atoms with Gasteiger partial charge in [0.2, 0.25) is 0 Å². The highest BCUT2D eigenvalue weighted by Crippen LogP contribution is 2.44. The molecular formula is C16H24O2. The predicted molar refractivity (Wildman–Crippen MR) is 73.7 cm³/mol. The molecule has 1 aromatic carbocycles. The van der Waals surface area contributed by atoms with Crippen LogP contribution in [0.15, 0.2) is 24.3 Å². The zero-order valence-corrected chi connectivity index (χ0v) is 11.6. The highest BCUT2D eigenvalue weighted by molar-refractivity contribution is 5.33. The van der Waals surface area contributed by atoms with E-state index in [1.165, 1.54) is 6.42 Å². The van der Waals surface area contributed by atoms with Crippen molar-refractivity contribution >= 4 is 0 Å². The second kappa shape index (κ2) is 5.31. The van der Waals surface area contributed by atoms with Crippen LogP contribution in [0.25, 0.3) is 0 Å². The van der Waals surface area contributed by atoms with E-state index in [9.17, 15) is 5.11 Å². The third-order valence-corrected chi connectivity index (χ3v) is 4.21. The summed E-state index contributed by atoms with van der Waals surface area (Å²) in [7, 11) is 0. The van der Waals surface area contributed by atoms with Crippen molar-refractivity contribution in [2.75, 3.05) is 6.61 Å². The summed E-state index contributed by atoms with van der Waals surface area (Å²) in [6.07, 6.45) is 3.16. The van der Waals surface area contributed by atoms with Gasteiger partial charge >= 0.3 is 0 Å². The largest absolute Gasteiger partial charge is 0.494 e. The first-order valence-corrected chi connectivity index (χ1v) is 7.02. The molecule has 2 nitrogen and oxygen atoms in total. The van der Waals surface area contributed by atoms with Gasteiger partial charge in [-0.25, -0.2) is 0 Å². The number of benzene rings is 1. The van der Waals surface area contributed by atoms with Crippen LogP contribution in [0, 0.1) is 11.8 Å². The van der Waals surface area contributed by atoms with Crippen molar-refractivity contribution in [1.29, 1.82) is 0 Å². The van der Waals surface area contributed by atoms with Crippen LogP contribution in [0.2, 0.25) is 0 Å². The van der Waals surface area contributed by atoms with E-state index in [1.807, 2.05) is 31.2 Å². The van der Waals surface area contributed by atoms with Gasteiger partial charge in [0.1, 0.15) is 5.75 Å². The molecule has 2 rings (SSSR count). The lowest BCUT2D eigenvalue weighted by molar-refractivity contribution is -0.0628. The fourth-order valence-corrected chi connectivity index (χ4v) is 3.03. The minimum absolute atomic E-state index is 0.311. The SMILES string of the molecule is CCOc1cccc(C2(O)CC(C)CCC2C)c1. The summed E-state index contributed by atoms with van der Waals surface area (Å²) in [6.45, 7) is 7.02. The monoisotopic (exact) mass is 248 g/mol. The smallest absolute Gasteiger partial charge is 0.119 e. The molecule has 0 heterocycles. The third-order valence-electron chi connectivity index (χ3n) is 4.21. The van der Waals surface area contributed by atoms with Crippen LogP contribution in [0.5, 0.6) is 5.75 Å². The molecule has 0 radical (unpaired) electrons. The number of hydrogen-bond donors (Lipinski definition) is 1. The highest BCUT2D eigenvalue weighted by Gasteiger charge is 2.40. The molecule has 1 aromatic rings. The maximum atomic E-state index is 11.0. The van der Waals surface area contributed by atoms with Gasteiger partial charge in [0.25, 0.3) is 0 Å². The highest BCUT2D eigenvalue weighted by atomic mass is 16.5. The summed E-state index contributed by atoms with van der Waals surface area (Å²) in [6, 6.07) is 7.95. The Morgan fingerprint density at radius 1 is 1.33 bits per heavy atom. The van der Waals surface area contributed by atoms with Gasteiger partial charge in [0.05, 0.1) is 12.2 Å². The van der Waals surface area contributed by atoms with Gasteiger partial charge in [0, 0.05) is 0 Å². The zero-order valence-electron chi connectivity index (χ0n) is 11.6. The summed E-state index contributed by atoms with van der Waals surface area (Å²) < 4.78 is 5.53. The van der Waals surface area contributed by atoms with E-state index in [4.69, 9.17) is 4.74 Å². The van der Waals surface area contributed by atoms with Crippen LogP contribution in [-0.2, 0) is 5.60 Å². The number of ether oxygens (including phenoxy) is 1. The van der Waals surface area contributed by atoms with Gasteiger partial charge in [-0.1, -0.05) is 32.4 Å². The van der Waals surface area contributed by atoms with E-state index in [2.05, 4.69) is 13.8 Å². The Kier molecular flexibility index (Phi) is 3.96. The van der Waals surface area contributed by atoms with Crippen molar-refractivity contribution < 1.29 is 9.84 Å². The molecule has 1 aliphatic carbocycles. The van der Waals surface area contributed by atoms with E-state index in [-0.39, 0.29) is 0 Å². The Morgan fingerprint density at radius 2 is 2.11 bits per heavy atom. The van der Waals surface area contributed by atoms with Gasteiger partial charge < -0.3 is 9.84 Å². The van der Waals surface area contributed by atoms with Crippen molar-refractivity contribution in [2.45, 2.75) is 45.6 Å². The third kappa shape index (κ3) is 2.54. The summed E-state index contributed by atoms with van der Waals surface area (Å²) in [5.41, 5.74) is 0.317. The Hall–Kier alpha value is -1.02. The summed E-state index contributed by atoms with van der Waals surface area (Å²) in [5.74, 6) is 1.75. The maximum absolute atomic E-state index is 11.0. The quantitative estimate of drug-likeness (QED) is 0.883. The lowest BCUT2D eigenvalue weighted by Gasteiger charge is -2.41. The molecule has 3 unspecified atom stereocenters. The fourth-order valence-electron chi connectivity index (χ4n) is 3.03. The molecule has 1 aliphatic rings. The van der Waals surface area contributed by atoms with Crippen molar-refractivity contribution in [3.63, 3.8) is 0 Å². The molecule has 3 atom stereocenters. The molecule has 18 heavy (non-hydrogen) atoms. The van der Waals surface area contributed by atoms with Crippen molar-refractivity contribution in [2.24, 2.45) is 11.8 Å². The summed E-state index contributed by atoms with van der Waals surface area (Å²) >= 11 is 0. The van der Waals surface area contributed by atoms with Gasteiger partial charge in [0.15, 0.2) is 0 Å². The van der Waals surface area contributed by atoms with Gasteiger partial charge in [-0.05, 0) is 49.3 Å². The normalized spacial score (nSPS) is 32.2. The molecular weight excluding hydrogens is 224 g/mol. The first kappa shape index (κ1) is 13.4. The predicted octanol–water partition coefficient (Wildman–Crippen LogP) is 3.73. The zero-order chi connectivity index (χ0) is 13.2. The van der Waals surface area contributed by atoms with Crippen molar-refractivity contribution in [1.82, 2.24) is 0 Å². The first-order chi connectivity index (χ1) is 8.56. The molecule has 1 fully saturated rings. The van der Waals surface area contributed by atoms with E-state index < -0.39 is 5.60 Å². The Balaban J connectivity index is 2.30. The second-order valence-corrected chi connectivity index (χ2v) is 5.67. The minimum Gasteiger partial charge on any atom is -0.494 e. The Labute approximate surface area is 110 Å². The molecule has 0 aliphatic heterocycles. The molecule has 0 aromatic heterocycles.